The molecule has 4 heteroatoms. The molecule has 0 aromatic carbocycles. The Morgan fingerprint density at radius 2 is 2.17 bits per heavy atom. The topological polar surface area (TPSA) is 61.5 Å². The minimum absolute atomic E-state index is 0.0365. The second-order valence-electron chi connectivity index (χ2n) is 2.89. The van der Waals surface area contributed by atoms with Crippen LogP contribution in [0.2, 0.25) is 0 Å². The number of hydrogen-bond acceptors (Lipinski definition) is 2. The van der Waals surface area contributed by atoms with Gasteiger partial charge in [0.1, 0.15) is 0 Å². The molecular weight excluding hydrogens is 154 g/mol. The highest BCUT2D eigenvalue weighted by Gasteiger charge is 2.04. The first-order valence-electron chi connectivity index (χ1n) is 3.73. The average molecular weight is 163 g/mol. The number of nitrogens with zero attached hydrogens (tertiary/aromatic N) is 1. The van der Waals surface area contributed by atoms with Crippen molar-refractivity contribution in [3.63, 3.8) is 0 Å². The zero-order valence-electron chi connectivity index (χ0n) is 6.93. The number of nitrogens with one attached hydrogen (secondary N) is 2. The number of aromatic amines is 2. The minimum atomic E-state index is -0.0365. The van der Waals surface area contributed by atoms with Gasteiger partial charge in [-0.15, -0.1) is 0 Å². The van der Waals surface area contributed by atoms with E-state index in [9.17, 15) is 4.79 Å². The number of hydrogen-bond donors (Lipinski definition) is 2. The molecule has 0 amide bonds. The Hall–Kier alpha value is -1.58. The molecule has 4 nitrogen and oxygen atoms in total. The van der Waals surface area contributed by atoms with Gasteiger partial charge >= 0.3 is 0 Å². The summed E-state index contributed by atoms with van der Waals surface area (Å²) in [6, 6.07) is 1.54. The molecule has 0 atom stereocenters. The van der Waals surface area contributed by atoms with Gasteiger partial charge in [0.05, 0.1) is 11.2 Å². The fraction of sp³-hybridized carbons (Fsp3) is 0.250. The molecule has 0 aliphatic carbocycles. The molecular formula is C8H9N3O. The Balaban J connectivity index is 3.03. The largest absolute Gasteiger partial charge is 0.356 e. The first-order valence-corrected chi connectivity index (χ1v) is 3.73. The van der Waals surface area contributed by atoms with Gasteiger partial charge in [-0.05, 0) is 13.8 Å². The van der Waals surface area contributed by atoms with Crippen LogP contribution in [0.1, 0.15) is 11.4 Å². The van der Waals surface area contributed by atoms with E-state index in [1.54, 1.807) is 6.07 Å². The van der Waals surface area contributed by atoms with Gasteiger partial charge in [-0.3, -0.25) is 9.89 Å². The molecule has 0 unspecified atom stereocenters. The molecule has 2 rings (SSSR count). The molecule has 0 radical (unpaired) electrons. The predicted molar refractivity (Wildman–Crippen MR) is 46.2 cm³/mol. The predicted octanol–water partition coefficient (Wildman–Crippen LogP) is 0.868. The van der Waals surface area contributed by atoms with Crippen LogP contribution < -0.4 is 5.43 Å². The van der Waals surface area contributed by atoms with E-state index >= 15 is 0 Å². The Morgan fingerprint density at radius 1 is 1.42 bits per heavy atom. The van der Waals surface area contributed by atoms with Gasteiger partial charge in [0.2, 0.25) is 5.43 Å². The van der Waals surface area contributed by atoms with Crippen LogP contribution in [0.15, 0.2) is 10.9 Å². The molecule has 0 spiro atoms. The number of fused-ring (bicyclic) bond motifs is 1. The Morgan fingerprint density at radius 3 is 2.92 bits per heavy atom. The lowest BCUT2D eigenvalue weighted by Crippen LogP contribution is -2.02. The van der Waals surface area contributed by atoms with Crippen LogP contribution in [0.5, 0.6) is 0 Å². The van der Waals surface area contributed by atoms with Gasteiger partial charge in [0.15, 0.2) is 5.52 Å². The summed E-state index contributed by atoms with van der Waals surface area (Å²) >= 11 is 0. The van der Waals surface area contributed by atoms with Crippen molar-refractivity contribution in [3.05, 3.63) is 27.7 Å². The summed E-state index contributed by atoms with van der Waals surface area (Å²) in [5.74, 6) is 0. The van der Waals surface area contributed by atoms with E-state index in [2.05, 4.69) is 15.2 Å². The third kappa shape index (κ3) is 0.845. The normalized spacial score (nSPS) is 10.8. The van der Waals surface area contributed by atoms with Crippen LogP contribution >= 0.6 is 0 Å². The summed E-state index contributed by atoms with van der Waals surface area (Å²) in [6.45, 7) is 3.73. The Labute approximate surface area is 68.6 Å². The van der Waals surface area contributed by atoms with E-state index in [0.717, 1.165) is 16.9 Å². The molecule has 62 valence electrons. The maximum Gasteiger partial charge on any atom is 0.209 e. The van der Waals surface area contributed by atoms with E-state index in [1.807, 2.05) is 13.8 Å². The van der Waals surface area contributed by atoms with Crippen molar-refractivity contribution in [2.75, 3.05) is 0 Å². The van der Waals surface area contributed by atoms with Crippen molar-refractivity contribution in [3.8, 4) is 0 Å². The maximum absolute atomic E-state index is 11.3. The summed E-state index contributed by atoms with van der Waals surface area (Å²) in [5.41, 5.74) is 3.01. The van der Waals surface area contributed by atoms with Gasteiger partial charge in [-0.25, -0.2) is 0 Å². The molecule has 2 aromatic rings. The average Bonchev–Trinajstić information content (AvgIpc) is 2.33. The lowest BCUT2D eigenvalue weighted by molar-refractivity contribution is 1.06. The summed E-state index contributed by atoms with van der Waals surface area (Å²) in [4.78, 5) is 14.4. The molecule has 2 aromatic heterocycles. The van der Waals surface area contributed by atoms with Gasteiger partial charge in [-0.1, -0.05) is 0 Å². The van der Waals surface area contributed by atoms with Crippen molar-refractivity contribution in [2.45, 2.75) is 13.8 Å². The highest BCUT2D eigenvalue weighted by atomic mass is 16.1. The van der Waals surface area contributed by atoms with Crippen molar-refractivity contribution in [1.29, 1.82) is 0 Å². The van der Waals surface area contributed by atoms with E-state index in [1.165, 1.54) is 0 Å². The van der Waals surface area contributed by atoms with Crippen molar-refractivity contribution >= 4 is 11.0 Å². The van der Waals surface area contributed by atoms with Crippen LogP contribution in [0, 0.1) is 13.8 Å². The smallest absolute Gasteiger partial charge is 0.209 e. The summed E-state index contributed by atoms with van der Waals surface area (Å²) in [6.07, 6.45) is 0. The summed E-state index contributed by atoms with van der Waals surface area (Å²) in [7, 11) is 0. The zero-order chi connectivity index (χ0) is 8.72. The molecule has 12 heavy (non-hydrogen) atoms. The number of aromatic nitrogens is 3. The highest BCUT2D eigenvalue weighted by Crippen LogP contribution is 2.07. The van der Waals surface area contributed by atoms with Gasteiger partial charge < -0.3 is 4.98 Å². The number of aryl methyl sites for hydroxylation is 2. The maximum atomic E-state index is 11.3. The number of pyridine rings is 1. The van der Waals surface area contributed by atoms with E-state index in [4.69, 9.17) is 0 Å². The van der Waals surface area contributed by atoms with Crippen molar-refractivity contribution < 1.29 is 0 Å². The quantitative estimate of drug-likeness (QED) is 0.605. The SMILES string of the molecule is Cc1cc(=O)c2n[nH]c(C)c2[nH]1. The van der Waals surface area contributed by atoms with Crippen LogP contribution in [0.4, 0.5) is 0 Å². The van der Waals surface area contributed by atoms with Crippen LogP contribution in [-0.2, 0) is 0 Å². The summed E-state index contributed by atoms with van der Waals surface area (Å²) in [5, 5.41) is 6.65. The van der Waals surface area contributed by atoms with Gasteiger partial charge in [0, 0.05) is 11.8 Å². The Kier molecular flexibility index (Phi) is 1.30. The third-order valence-corrected chi connectivity index (χ3v) is 1.85. The van der Waals surface area contributed by atoms with Crippen LogP contribution in [-0.4, -0.2) is 15.2 Å². The molecule has 0 saturated carbocycles. The molecule has 2 heterocycles. The highest BCUT2D eigenvalue weighted by molar-refractivity contribution is 5.76. The fourth-order valence-corrected chi connectivity index (χ4v) is 1.26. The summed E-state index contributed by atoms with van der Waals surface area (Å²) < 4.78 is 0. The monoisotopic (exact) mass is 163 g/mol. The molecule has 0 aliphatic rings. The lowest BCUT2D eigenvalue weighted by Gasteiger charge is -1.92. The second-order valence-corrected chi connectivity index (χ2v) is 2.89. The lowest BCUT2D eigenvalue weighted by atomic mass is 10.3. The first kappa shape index (κ1) is 7.09. The molecule has 0 fully saturated rings. The van der Waals surface area contributed by atoms with E-state index in [-0.39, 0.29) is 5.43 Å². The molecule has 0 aliphatic heterocycles. The minimum Gasteiger partial charge on any atom is -0.356 e. The molecule has 2 N–H and O–H groups in total. The van der Waals surface area contributed by atoms with Crippen molar-refractivity contribution in [1.82, 2.24) is 15.2 Å². The van der Waals surface area contributed by atoms with Crippen LogP contribution in [0.3, 0.4) is 0 Å². The van der Waals surface area contributed by atoms with Crippen molar-refractivity contribution in [2.24, 2.45) is 0 Å². The standard InChI is InChI=1S/C8H9N3O/c1-4-3-6(12)8-7(9-4)5(2)10-11-8/h3H,1-2H3,(H,9,12)(H,10,11). The number of H-pyrrole nitrogens is 2. The van der Waals surface area contributed by atoms with E-state index < -0.39 is 0 Å². The zero-order valence-corrected chi connectivity index (χ0v) is 6.93. The third-order valence-electron chi connectivity index (χ3n) is 1.85. The van der Waals surface area contributed by atoms with Crippen LogP contribution in [0.25, 0.3) is 11.0 Å². The molecule has 0 bridgehead atoms. The first-order chi connectivity index (χ1) is 5.68. The van der Waals surface area contributed by atoms with Gasteiger partial charge in [0.25, 0.3) is 0 Å². The number of rotatable bonds is 0. The Bertz CT molecular complexity index is 480. The molecule has 0 saturated heterocycles. The fourth-order valence-electron chi connectivity index (χ4n) is 1.26. The second kappa shape index (κ2) is 2.20. The van der Waals surface area contributed by atoms with E-state index in [0.29, 0.717) is 5.52 Å². The van der Waals surface area contributed by atoms with Gasteiger partial charge in [-0.2, -0.15) is 5.10 Å².